The third-order valence-corrected chi connectivity index (χ3v) is 5.10. The van der Waals surface area contributed by atoms with Crippen LogP contribution >= 0.6 is 0 Å². The Balaban J connectivity index is 1.65. The summed E-state index contributed by atoms with van der Waals surface area (Å²) in [5.41, 5.74) is 2.89. The van der Waals surface area contributed by atoms with Gasteiger partial charge in [0, 0.05) is 30.7 Å². The molecule has 0 fully saturated rings. The predicted molar refractivity (Wildman–Crippen MR) is 104 cm³/mol. The molecule has 5 heteroatoms. The third kappa shape index (κ3) is 3.35. The molecule has 0 N–H and O–H groups in total. The number of ether oxygens (including phenoxy) is 1. The van der Waals surface area contributed by atoms with Crippen molar-refractivity contribution in [2.75, 3.05) is 13.2 Å². The van der Waals surface area contributed by atoms with Crippen LogP contribution in [0.5, 0.6) is 0 Å². The number of rotatable bonds is 5. The highest BCUT2D eigenvalue weighted by Crippen LogP contribution is 2.34. The zero-order valence-electron chi connectivity index (χ0n) is 15.8. The van der Waals surface area contributed by atoms with Crippen LogP contribution in [-0.4, -0.2) is 35.2 Å². The quantitative estimate of drug-likeness (QED) is 0.681. The number of fused-ring (bicyclic) bond motifs is 2. The topological polar surface area (TPSA) is 55.6 Å². The molecule has 140 valence electrons. The molecule has 4 rings (SSSR count). The van der Waals surface area contributed by atoms with Gasteiger partial charge in [0.25, 0.3) is 5.91 Å². The number of aromatic nitrogens is 1. The Labute approximate surface area is 158 Å². The molecule has 0 bridgehead atoms. The summed E-state index contributed by atoms with van der Waals surface area (Å²) in [5.74, 6) is 0.906. The first-order valence-corrected chi connectivity index (χ1v) is 9.55. The standard InChI is InChI=1S/C22H24N2O3/c1-3-13-26-15(2)22(25)24-12-11-20-19(14-24)21(23-27-20)18-10-6-8-16-7-4-5-9-17(16)18/h4-10,15H,3,11-14H2,1-2H3/t15-/m1/s1. The van der Waals surface area contributed by atoms with Crippen LogP contribution in [0.1, 0.15) is 31.6 Å². The Bertz CT molecular complexity index is 958. The molecule has 0 spiro atoms. The highest BCUT2D eigenvalue weighted by Gasteiger charge is 2.30. The highest BCUT2D eigenvalue weighted by molar-refractivity contribution is 5.96. The van der Waals surface area contributed by atoms with E-state index in [0.717, 1.165) is 39.8 Å². The average molecular weight is 364 g/mol. The van der Waals surface area contributed by atoms with E-state index >= 15 is 0 Å². The van der Waals surface area contributed by atoms with Crippen molar-refractivity contribution in [2.45, 2.75) is 39.3 Å². The molecule has 1 aliphatic heterocycles. The van der Waals surface area contributed by atoms with Gasteiger partial charge in [-0.3, -0.25) is 4.79 Å². The van der Waals surface area contributed by atoms with Gasteiger partial charge in [-0.25, -0.2) is 0 Å². The number of amides is 1. The van der Waals surface area contributed by atoms with Crippen molar-refractivity contribution in [1.29, 1.82) is 0 Å². The summed E-state index contributed by atoms with van der Waals surface area (Å²) in [6.07, 6.45) is 1.16. The number of hydrogen-bond acceptors (Lipinski definition) is 4. The maximum atomic E-state index is 12.7. The summed E-state index contributed by atoms with van der Waals surface area (Å²) in [5, 5.41) is 6.66. The molecule has 0 saturated carbocycles. The van der Waals surface area contributed by atoms with Crippen molar-refractivity contribution in [3.8, 4) is 11.3 Å². The molecule has 1 atom stereocenters. The molecule has 3 aromatic rings. The van der Waals surface area contributed by atoms with Crippen molar-refractivity contribution in [1.82, 2.24) is 10.1 Å². The first kappa shape index (κ1) is 17.7. The zero-order chi connectivity index (χ0) is 18.8. The molecule has 1 aliphatic rings. The summed E-state index contributed by atoms with van der Waals surface area (Å²) in [6, 6.07) is 14.4. The van der Waals surface area contributed by atoms with Crippen molar-refractivity contribution in [3.63, 3.8) is 0 Å². The number of carbonyl (C=O) groups excluding carboxylic acids is 1. The number of benzene rings is 2. The summed E-state index contributed by atoms with van der Waals surface area (Å²) >= 11 is 0. The van der Waals surface area contributed by atoms with Gasteiger partial charge in [0.1, 0.15) is 17.6 Å². The van der Waals surface area contributed by atoms with E-state index in [1.807, 2.05) is 36.9 Å². The second-order valence-electron chi connectivity index (χ2n) is 6.98. The van der Waals surface area contributed by atoms with Crippen molar-refractivity contribution in [3.05, 3.63) is 53.8 Å². The fourth-order valence-electron chi connectivity index (χ4n) is 3.66. The van der Waals surface area contributed by atoms with E-state index in [-0.39, 0.29) is 5.91 Å². The molecular weight excluding hydrogens is 340 g/mol. The molecule has 27 heavy (non-hydrogen) atoms. The first-order valence-electron chi connectivity index (χ1n) is 9.55. The van der Waals surface area contributed by atoms with Gasteiger partial charge in [0.05, 0.1) is 6.54 Å². The molecule has 0 radical (unpaired) electrons. The zero-order valence-corrected chi connectivity index (χ0v) is 15.8. The second-order valence-corrected chi connectivity index (χ2v) is 6.98. The Morgan fingerprint density at radius 2 is 2.07 bits per heavy atom. The van der Waals surface area contributed by atoms with Crippen LogP contribution in [0, 0.1) is 0 Å². The fourth-order valence-corrected chi connectivity index (χ4v) is 3.66. The lowest BCUT2D eigenvalue weighted by Gasteiger charge is -2.28. The molecule has 0 saturated heterocycles. The minimum Gasteiger partial charge on any atom is -0.369 e. The lowest BCUT2D eigenvalue weighted by molar-refractivity contribution is -0.143. The number of carbonyl (C=O) groups is 1. The summed E-state index contributed by atoms with van der Waals surface area (Å²) in [7, 11) is 0. The second kappa shape index (κ2) is 7.53. The lowest BCUT2D eigenvalue weighted by atomic mass is 9.97. The highest BCUT2D eigenvalue weighted by atomic mass is 16.5. The Kier molecular flexibility index (Phi) is 4.94. The van der Waals surface area contributed by atoms with Crippen molar-refractivity contribution >= 4 is 16.7 Å². The minimum absolute atomic E-state index is 0.0270. The molecular formula is C22H24N2O3. The maximum absolute atomic E-state index is 12.7. The summed E-state index contributed by atoms with van der Waals surface area (Å²) < 4.78 is 11.2. The number of nitrogens with zero attached hydrogens (tertiary/aromatic N) is 2. The molecule has 1 amide bonds. The van der Waals surface area contributed by atoms with Crippen LogP contribution in [0.4, 0.5) is 0 Å². The molecule has 0 aliphatic carbocycles. The van der Waals surface area contributed by atoms with Gasteiger partial charge >= 0.3 is 0 Å². The van der Waals surface area contributed by atoms with Crippen molar-refractivity contribution < 1.29 is 14.1 Å². The summed E-state index contributed by atoms with van der Waals surface area (Å²) in [4.78, 5) is 14.6. The monoisotopic (exact) mass is 364 g/mol. The maximum Gasteiger partial charge on any atom is 0.251 e. The summed E-state index contributed by atoms with van der Waals surface area (Å²) in [6.45, 7) is 5.61. The van der Waals surface area contributed by atoms with E-state index in [4.69, 9.17) is 9.26 Å². The van der Waals surface area contributed by atoms with Crippen LogP contribution in [0.25, 0.3) is 22.0 Å². The van der Waals surface area contributed by atoms with Crippen LogP contribution in [0.3, 0.4) is 0 Å². The van der Waals surface area contributed by atoms with E-state index in [1.54, 1.807) is 0 Å². The van der Waals surface area contributed by atoms with Gasteiger partial charge in [-0.05, 0) is 24.1 Å². The van der Waals surface area contributed by atoms with Gasteiger partial charge < -0.3 is 14.2 Å². The van der Waals surface area contributed by atoms with Crippen molar-refractivity contribution in [2.24, 2.45) is 0 Å². The van der Waals surface area contributed by atoms with E-state index in [0.29, 0.717) is 26.1 Å². The molecule has 5 nitrogen and oxygen atoms in total. The smallest absolute Gasteiger partial charge is 0.251 e. The van der Waals surface area contributed by atoms with Gasteiger partial charge in [-0.15, -0.1) is 0 Å². The fraction of sp³-hybridized carbons (Fsp3) is 0.364. The average Bonchev–Trinajstić information content (AvgIpc) is 3.14. The van der Waals surface area contributed by atoms with Crippen LogP contribution in [0.15, 0.2) is 47.0 Å². The minimum atomic E-state index is -0.424. The van der Waals surface area contributed by atoms with Gasteiger partial charge in [-0.2, -0.15) is 0 Å². The van der Waals surface area contributed by atoms with Gasteiger partial charge in [0.15, 0.2) is 0 Å². The largest absolute Gasteiger partial charge is 0.369 e. The van der Waals surface area contributed by atoms with Crippen LogP contribution in [-0.2, 0) is 22.5 Å². The normalized spacial score (nSPS) is 15.0. The Morgan fingerprint density at radius 1 is 1.26 bits per heavy atom. The number of hydrogen-bond donors (Lipinski definition) is 0. The lowest BCUT2D eigenvalue weighted by Crippen LogP contribution is -2.42. The van der Waals surface area contributed by atoms with E-state index in [2.05, 4.69) is 29.4 Å². The molecule has 0 unspecified atom stereocenters. The van der Waals surface area contributed by atoms with Gasteiger partial charge in [0.2, 0.25) is 0 Å². The molecule has 2 heterocycles. The Hall–Kier alpha value is -2.66. The van der Waals surface area contributed by atoms with E-state index < -0.39 is 6.10 Å². The van der Waals surface area contributed by atoms with Crippen LogP contribution in [0.2, 0.25) is 0 Å². The first-order chi connectivity index (χ1) is 13.2. The molecule has 2 aromatic carbocycles. The van der Waals surface area contributed by atoms with E-state index in [1.165, 1.54) is 0 Å². The van der Waals surface area contributed by atoms with Crippen LogP contribution < -0.4 is 0 Å². The van der Waals surface area contributed by atoms with Gasteiger partial charge in [-0.1, -0.05) is 54.5 Å². The SMILES string of the molecule is CCCO[C@H](C)C(=O)N1CCc2onc(-c3cccc4ccccc34)c2C1. The third-order valence-electron chi connectivity index (χ3n) is 5.10. The predicted octanol–water partition coefficient (Wildman–Crippen LogP) is 4.19. The molecule has 1 aromatic heterocycles. The Morgan fingerprint density at radius 3 is 2.93 bits per heavy atom. The van der Waals surface area contributed by atoms with E-state index in [9.17, 15) is 4.79 Å².